The maximum atomic E-state index is 12.8. The molecule has 1 N–H and O–H groups in total. The summed E-state index contributed by atoms with van der Waals surface area (Å²) >= 11 is 12.4. The fourth-order valence-electron chi connectivity index (χ4n) is 2.97. The summed E-state index contributed by atoms with van der Waals surface area (Å²) in [5.41, 5.74) is 2.64. The normalized spacial score (nSPS) is 12.0. The standard InChI is InChI=1S/C20H21Cl2N5O2/c1-4-19-24-25-26-27(19)16-8-13(17-6-5-15(21)10-18(17)22)7-14(9-16)20(28)23-12(2)11-29-3/h5-10,12H,4,11H2,1-3H3,(H,23,28). The number of rotatable bonds is 7. The van der Waals surface area contributed by atoms with Crippen LogP contribution >= 0.6 is 23.2 Å². The smallest absolute Gasteiger partial charge is 0.251 e. The third kappa shape index (κ3) is 4.93. The third-order valence-electron chi connectivity index (χ3n) is 4.31. The Morgan fingerprint density at radius 2 is 2.03 bits per heavy atom. The first kappa shape index (κ1) is 21.2. The number of benzene rings is 2. The summed E-state index contributed by atoms with van der Waals surface area (Å²) in [6, 6.07) is 10.5. The molecule has 0 bridgehead atoms. The van der Waals surface area contributed by atoms with Crippen molar-refractivity contribution in [2.75, 3.05) is 13.7 Å². The van der Waals surface area contributed by atoms with Gasteiger partial charge in [-0.05, 0) is 53.2 Å². The van der Waals surface area contributed by atoms with Gasteiger partial charge in [-0.25, -0.2) is 0 Å². The summed E-state index contributed by atoms with van der Waals surface area (Å²) < 4.78 is 6.71. The summed E-state index contributed by atoms with van der Waals surface area (Å²) in [6.45, 7) is 4.25. The SMILES string of the molecule is CCc1nnnn1-c1cc(C(=O)NC(C)COC)cc(-c2ccc(Cl)cc2Cl)c1. The fourth-order valence-corrected chi connectivity index (χ4v) is 3.49. The van der Waals surface area contributed by atoms with Gasteiger partial charge in [0.05, 0.1) is 12.3 Å². The number of halogens is 2. The minimum absolute atomic E-state index is 0.141. The van der Waals surface area contributed by atoms with E-state index in [0.29, 0.717) is 40.1 Å². The van der Waals surface area contributed by atoms with Gasteiger partial charge in [0.15, 0.2) is 5.82 Å². The Kier molecular flexibility index (Phi) is 6.84. The van der Waals surface area contributed by atoms with E-state index in [-0.39, 0.29) is 11.9 Å². The van der Waals surface area contributed by atoms with Gasteiger partial charge in [-0.15, -0.1) is 5.10 Å². The molecule has 3 aromatic rings. The zero-order valence-corrected chi connectivity index (χ0v) is 17.8. The lowest BCUT2D eigenvalue weighted by Gasteiger charge is -2.15. The minimum Gasteiger partial charge on any atom is -0.383 e. The van der Waals surface area contributed by atoms with Crippen LogP contribution in [0.1, 0.15) is 30.0 Å². The molecular formula is C20H21Cl2N5O2. The number of aryl methyl sites for hydroxylation is 1. The highest BCUT2D eigenvalue weighted by Gasteiger charge is 2.16. The molecule has 0 aliphatic heterocycles. The molecule has 2 aromatic carbocycles. The van der Waals surface area contributed by atoms with E-state index in [2.05, 4.69) is 20.8 Å². The van der Waals surface area contributed by atoms with E-state index in [1.165, 1.54) is 0 Å². The Balaban J connectivity index is 2.10. The van der Waals surface area contributed by atoms with Crippen LogP contribution in [-0.2, 0) is 11.2 Å². The molecule has 3 rings (SSSR count). The van der Waals surface area contributed by atoms with Crippen molar-refractivity contribution in [3.8, 4) is 16.8 Å². The predicted octanol–water partition coefficient (Wildman–Crippen LogP) is 3.96. The van der Waals surface area contributed by atoms with Crippen LogP contribution < -0.4 is 5.32 Å². The van der Waals surface area contributed by atoms with Gasteiger partial charge >= 0.3 is 0 Å². The van der Waals surface area contributed by atoms with Gasteiger partial charge in [-0.3, -0.25) is 4.79 Å². The maximum Gasteiger partial charge on any atom is 0.251 e. The molecular weight excluding hydrogens is 413 g/mol. The lowest BCUT2D eigenvalue weighted by atomic mass is 10.0. The van der Waals surface area contributed by atoms with Crippen LogP contribution in [0.5, 0.6) is 0 Å². The first-order chi connectivity index (χ1) is 13.9. The Bertz CT molecular complexity index is 1020. The summed E-state index contributed by atoms with van der Waals surface area (Å²) in [6.07, 6.45) is 0.644. The predicted molar refractivity (Wildman–Crippen MR) is 113 cm³/mol. The van der Waals surface area contributed by atoms with Crippen molar-refractivity contribution < 1.29 is 9.53 Å². The van der Waals surface area contributed by atoms with E-state index in [1.54, 1.807) is 36.1 Å². The topological polar surface area (TPSA) is 81.9 Å². The minimum atomic E-state index is -0.228. The fraction of sp³-hybridized carbons (Fsp3) is 0.300. The molecule has 1 atom stereocenters. The van der Waals surface area contributed by atoms with Crippen LogP contribution in [0, 0.1) is 0 Å². The number of carbonyl (C=O) groups excluding carboxylic acids is 1. The largest absolute Gasteiger partial charge is 0.383 e. The average Bonchev–Trinajstić information content (AvgIpc) is 3.16. The number of ether oxygens (including phenoxy) is 1. The monoisotopic (exact) mass is 433 g/mol. The second-order valence-corrected chi connectivity index (χ2v) is 7.43. The molecule has 1 aromatic heterocycles. The number of carbonyl (C=O) groups is 1. The van der Waals surface area contributed by atoms with Crippen LogP contribution in [0.4, 0.5) is 0 Å². The molecule has 0 aliphatic rings. The van der Waals surface area contributed by atoms with E-state index in [4.69, 9.17) is 27.9 Å². The Morgan fingerprint density at radius 1 is 1.24 bits per heavy atom. The number of hydrogen-bond acceptors (Lipinski definition) is 5. The molecule has 152 valence electrons. The molecule has 0 aliphatic carbocycles. The van der Waals surface area contributed by atoms with Gasteiger partial charge < -0.3 is 10.1 Å². The third-order valence-corrected chi connectivity index (χ3v) is 4.86. The van der Waals surface area contributed by atoms with Crippen molar-refractivity contribution in [1.29, 1.82) is 0 Å². The Hall–Kier alpha value is -2.48. The molecule has 7 nitrogen and oxygen atoms in total. The van der Waals surface area contributed by atoms with Crippen LogP contribution in [0.3, 0.4) is 0 Å². The van der Waals surface area contributed by atoms with Crippen LogP contribution in [0.2, 0.25) is 10.0 Å². The van der Waals surface area contributed by atoms with Crippen molar-refractivity contribution in [2.45, 2.75) is 26.3 Å². The van der Waals surface area contributed by atoms with E-state index in [1.807, 2.05) is 26.0 Å². The molecule has 29 heavy (non-hydrogen) atoms. The summed E-state index contributed by atoms with van der Waals surface area (Å²) in [7, 11) is 1.59. The molecule has 1 amide bonds. The lowest BCUT2D eigenvalue weighted by Crippen LogP contribution is -2.35. The van der Waals surface area contributed by atoms with E-state index in [0.717, 1.165) is 11.1 Å². The molecule has 0 saturated carbocycles. The van der Waals surface area contributed by atoms with E-state index < -0.39 is 0 Å². The van der Waals surface area contributed by atoms with Gasteiger partial charge in [0, 0.05) is 40.7 Å². The highest BCUT2D eigenvalue weighted by Crippen LogP contribution is 2.32. The quantitative estimate of drug-likeness (QED) is 0.609. The van der Waals surface area contributed by atoms with Crippen LogP contribution in [0.15, 0.2) is 36.4 Å². The van der Waals surface area contributed by atoms with E-state index >= 15 is 0 Å². The first-order valence-corrected chi connectivity index (χ1v) is 9.86. The number of nitrogens with zero attached hydrogens (tertiary/aromatic N) is 4. The second-order valence-electron chi connectivity index (χ2n) is 6.58. The van der Waals surface area contributed by atoms with E-state index in [9.17, 15) is 4.79 Å². The molecule has 0 radical (unpaired) electrons. The summed E-state index contributed by atoms with van der Waals surface area (Å²) in [5.74, 6) is 0.456. The maximum absolute atomic E-state index is 12.8. The number of aromatic nitrogens is 4. The molecule has 0 fully saturated rings. The van der Waals surface area contributed by atoms with Gasteiger partial charge in [0.25, 0.3) is 5.91 Å². The van der Waals surface area contributed by atoms with Gasteiger partial charge in [-0.1, -0.05) is 36.2 Å². The number of amides is 1. The van der Waals surface area contributed by atoms with Crippen molar-refractivity contribution in [3.05, 3.63) is 57.8 Å². The van der Waals surface area contributed by atoms with Crippen LogP contribution in [0.25, 0.3) is 16.8 Å². The van der Waals surface area contributed by atoms with Crippen molar-refractivity contribution in [2.24, 2.45) is 0 Å². The van der Waals surface area contributed by atoms with Gasteiger partial charge in [0.1, 0.15) is 0 Å². The van der Waals surface area contributed by atoms with Crippen molar-refractivity contribution in [1.82, 2.24) is 25.5 Å². The van der Waals surface area contributed by atoms with Crippen LogP contribution in [-0.4, -0.2) is 45.9 Å². The zero-order valence-electron chi connectivity index (χ0n) is 16.3. The Labute approximate surface area is 179 Å². The van der Waals surface area contributed by atoms with Crippen molar-refractivity contribution in [3.63, 3.8) is 0 Å². The summed E-state index contributed by atoms with van der Waals surface area (Å²) in [4.78, 5) is 12.8. The molecule has 1 unspecified atom stereocenters. The second kappa shape index (κ2) is 9.35. The molecule has 0 saturated heterocycles. The summed E-state index contributed by atoms with van der Waals surface area (Å²) in [5, 5.41) is 15.8. The first-order valence-electron chi connectivity index (χ1n) is 9.10. The lowest BCUT2D eigenvalue weighted by molar-refractivity contribution is 0.0905. The average molecular weight is 434 g/mol. The Morgan fingerprint density at radius 3 is 2.72 bits per heavy atom. The van der Waals surface area contributed by atoms with Gasteiger partial charge in [-0.2, -0.15) is 4.68 Å². The molecule has 1 heterocycles. The zero-order chi connectivity index (χ0) is 21.0. The number of nitrogens with one attached hydrogen (secondary N) is 1. The van der Waals surface area contributed by atoms with Crippen molar-refractivity contribution >= 4 is 29.1 Å². The number of hydrogen-bond donors (Lipinski definition) is 1. The highest BCUT2D eigenvalue weighted by molar-refractivity contribution is 6.36. The number of tetrazole rings is 1. The number of methoxy groups -OCH3 is 1. The highest BCUT2D eigenvalue weighted by atomic mass is 35.5. The van der Waals surface area contributed by atoms with Gasteiger partial charge in [0.2, 0.25) is 0 Å². The molecule has 9 heteroatoms. The molecule has 0 spiro atoms.